The van der Waals surface area contributed by atoms with Crippen molar-refractivity contribution >= 4 is 0 Å². The summed E-state index contributed by atoms with van der Waals surface area (Å²) in [6.45, 7) is 7.16. The zero-order valence-corrected chi connectivity index (χ0v) is 11.8. The second-order valence-electron chi connectivity index (χ2n) is 6.10. The van der Waals surface area contributed by atoms with E-state index in [2.05, 4.69) is 36.1 Å². The van der Waals surface area contributed by atoms with E-state index in [0.717, 1.165) is 12.6 Å². The van der Waals surface area contributed by atoms with Crippen LogP contribution in [0.1, 0.15) is 39.0 Å². The number of piperidine rings is 1. The predicted octanol–water partition coefficient (Wildman–Crippen LogP) is 1.54. The first-order valence-electron chi connectivity index (χ1n) is 7.29. The average molecular weight is 239 g/mol. The normalized spacial score (nSPS) is 29.3. The summed E-state index contributed by atoms with van der Waals surface area (Å²) in [4.78, 5) is 5.16. The summed E-state index contributed by atoms with van der Waals surface area (Å²) in [5.41, 5.74) is 0.494. The Hall–Kier alpha value is -0.120. The highest BCUT2D eigenvalue weighted by atomic mass is 15.2. The zero-order valence-electron chi connectivity index (χ0n) is 11.8. The Morgan fingerprint density at radius 1 is 1.29 bits per heavy atom. The van der Waals surface area contributed by atoms with Crippen molar-refractivity contribution in [3.63, 3.8) is 0 Å². The predicted molar refractivity (Wildman–Crippen MR) is 73.4 cm³/mol. The van der Waals surface area contributed by atoms with Crippen molar-refractivity contribution in [3.8, 4) is 0 Å². The van der Waals surface area contributed by atoms with Crippen molar-refractivity contribution in [2.75, 3.05) is 40.3 Å². The lowest BCUT2D eigenvalue weighted by atomic mass is 9.75. The third-order valence-electron chi connectivity index (χ3n) is 4.75. The molecule has 2 fully saturated rings. The highest BCUT2D eigenvalue weighted by molar-refractivity contribution is 4.99. The largest absolute Gasteiger partial charge is 0.313 e. The minimum Gasteiger partial charge on any atom is -0.313 e. The lowest BCUT2D eigenvalue weighted by Gasteiger charge is -2.51. The monoisotopic (exact) mass is 239 g/mol. The highest BCUT2D eigenvalue weighted by Gasteiger charge is 2.40. The smallest absolute Gasteiger partial charge is 0.0330 e. The van der Waals surface area contributed by atoms with Gasteiger partial charge in [-0.15, -0.1) is 0 Å². The van der Waals surface area contributed by atoms with Crippen molar-refractivity contribution in [3.05, 3.63) is 0 Å². The third kappa shape index (κ3) is 3.01. The maximum absolute atomic E-state index is 3.61. The Morgan fingerprint density at radius 2 is 2.06 bits per heavy atom. The molecule has 1 saturated carbocycles. The second-order valence-corrected chi connectivity index (χ2v) is 6.10. The molecule has 0 radical (unpaired) electrons. The molecule has 1 aliphatic heterocycles. The van der Waals surface area contributed by atoms with Crippen molar-refractivity contribution in [2.45, 2.75) is 50.6 Å². The van der Waals surface area contributed by atoms with Gasteiger partial charge in [-0.05, 0) is 59.3 Å². The van der Waals surface area contributed by atoms with Crippen LogP contribution in [0.4, 0.5) is 0 Å². The first-order valence-corrected chi connectivity index (χ1v) is 7.29. The van der Waals surface area contributed by atoms with E-state index >= 15 is 0 Å². The molecule has 17 heavy (non-hydrogen) atoms. The molecular weight excluding hydrogens is 210 g/mol. The Morgan fingerprint density at radius 3 is 2.59 bits per heavy atom. The SMILES string of the molecule is CCNC1CCCN(CC2(N(C)C)CCC2)C1. The van der Waals surface area contributed by atoms with Gasteiger partial charge in [-0.25, -0.2) is 0 Å². The molecule has 100 valence electrons. The van der Waals surface area contributed by atoms with E-state index in [1.54, 1.807) is 0 Å². The highest BCUT2D eigenvalue weighted by Crippen LogP contribution is 2.37. The van der Waals surface area contributed by atoms with Crippen LogP contribution in [0.5, 0.6) is 0 Å². The fourth-order valence-electron chi connectivity index (χ4n) is 3.40. The fraction of sp³-hybridized carbons (Fsp3) is 1.00. The molecule has 3 nitrogen and oxygen atoms in total. The summed E-state index contributed by atoms with van der Waals surface area (Å²) in [6.07, 6.45) is 6.92. The van der Waals surface area contributed by atoms with Gasteiger partial charge in [-0.1, -0.05) is 6.92 Å². The van der Waals surface area contributed by atoms with Gasteiger partial charge in [-0.3, -0.25) is 4.90 Å². The Balaban J connectivity index is 1.85. The Labute approximate surface area is 107 Å². The van der Waals surface area contributed by atoms with E-state index in [-0.39, 0.29) is 0 Å². The van der Waals surface area contributed by atoms with Gasteiger partial charge in [0.15, 0.2) is 0 Å². The van der Waals surface area contributed by atoms with Gasteiger partial charge in [0.2, 0.25) is 0 Å². The first-order chi connectivity index (χ1) is 8.16. The van der Waals surface area contributed by atoms with E-state index in [0.29, 0.717) is 5.54 Å². The summed E-state index contributed by atoms with van der Waals surface area (Å²) in [5.74, 6) is 0. The molecular formula is C14H29N3. The molecule has 1 atom stereocenters. The Kier molecular flexibility index (Phi) is 4.45. The molecule has 0 aromatic heterocycles. The minimum absolute atomic E-state index is 0.494. The molecule has 2 rings (SSSR count). The molecule has 0 aromatic rings. The number of hydrogen-bond acceptors (Lipinski definition) is 3. The number of nitrogens with zero attached hydrogens (tertiary/aromatic N) is 2. The molecule has 1 N–H and O–H groups in total. The molecule has 1 saturated heterocycles. The summed E-state index contributed by atoms with van der Waals surface area (Å²) >= 11 is 0. The topological polar surface area (TPSA) is 18.5 Å². The summed E-state index contributed by atoms with van der Waals surface area (Å²) in [6, 6.07) is 0.730. The van der Waals surface area contributed by atoms with Crippen molar-refractivity contribution in [1.29, 1.82) is 0 Å². The lowest BCUT2D eigenvalue weighted by molar-refractivity contribution is 0.0113. The lowest BCUT2D eigenvalue weighted by Crippen LogP contribution is -2.59. The van der Waals surface area contributed by atoms with Gasteiger partial charge >= 0.3 is 0 Å². The van der Waals surface area contributed by atoms with Gasteiger partial charge in [0.1, 0.15) is 0 Å². The molecule has 0 bridgehead atoms. The van der Waals surface area contributed by atoms with Crippen LogP contribution in [-0.2, 0) is 0 Å². The zero-order chi connectivity index (χ0) is 12.3. The number of likely N-dealkylation sites (tertiary alicyclic amines) is 1. The van der Waals surface area contributed by atoms with E-state index in [1.165, 1.54) is 51.7 Å². The standard InChI is InChI=1S/C14H29N3/c1-4-15-13-7-5-10-17(11-13)12-14(16(2)3)8-6-9-14/h13,15H,4-12H2,1-3H3. The number of likely N-dealkylation sites (N-methyl/N-ethyl adjacent to an activating group) is 2. The van der Waals surface area contributed by atoms with Gasteiger partial charge in [0.25, 0.3) is 0 Å². The number of nitrogens with one attached hydrogen (secondary N) is 1. The van der Waals surface area contributed by atoms with Gasteiger partial charge < -0.3 is 10.2 Å². The number of hydrogen-bond donors (Lipinski definition) is 1. The third-order valence-corrected chi connectivity index (χ3v) is 4.75. The van der Waals surface area contributed by atoms with Gasteiger partial charge in [0, 0.05) is 24.7 Å². The second kappa shape index (κ2) is 5.68. The van der Waals surface area contributed by atoms with Crippen LogP contribution in [0.2, 0.25) is 0 Å². The molecule has 1 heterocycles. The van der Waals surface area contributed by atoms with Crippen LogP contribution < -0.4 is 5.32 Å². The summed E-state index contributed by atoms with van der Waals surface area (Å²) in [5, 5.41) is 3.61. The quantitative estimate of drug-likeness (QED) is 0.785. The molecule has 2 aliphatic rings. The maximum atomic E-state index is 3.61. The minimum atomic E-state index is 0.494. The molecule has 0 spiro atoms. The van der Waals surface area contributed by atoms with Crippen molar-refractivity contribution < 1.29 is 0 Å². The van der Waals surface area contributed by atoms with E-state index in [1.807, 2.05) is 0 Å². The van der Waals surface area contributed by atoms with Crippen molar-refractivity contribution in [2.24, 2.45) is 0 Å². The molecule has 0 aromatic carbocycles. The van der Waals surface area contributed by atoms with E-state index < -0.39 is 0 Å². The van der Waals surface area contributed by atoms with Crippen LogP contribution in [0.3, 0.4) is 0 Å². The number of rotatable bonds is 5. The van der Waals surface area contributed by atoms with Crippen LogP contribution in [0, 0.1) is 0 Å². The molecule has 1 unspecified atom stereocenters. The summed E-state index contributed by atoms with van der Waals surface area (Å²) < 4.78 is 0. The van der Waals surface area contributed by atoms with Crippen LogP contribution in [-0.4, -0.2) is 61.7 Å². The molecule has 3 heteroatoms. The van der Waals surface area contributed by atoms with Crippen LogP contribution >= 0.6 is 0 Å². The first kappa shape index (κ1) is 13.3. The average Bonchev–Trinajstić information content (AvgIpc) is 2.24. The fourth-order valence-corrected chi connectivity index (χ4v) is 3.40. The summed E-state index contributed by atoms with van der Waals surface area (Å²) in [7, 11) is 4.51. The van der Waals surface area contributed by atoms with Gasteiger partial charge in [0.05, 0.1) is 0 Å². The van der Waals surface area contributed by atoms with Crippen LogP contribution in [0.15, 0.2) is 0 Å². The van der Waals surface area contributed by atoms with Crippen molar-refractivity contribution in [1.82, 2.24) is 15.1 Å². The van der Waals surface area contributed by atoms with E-state index in [9.17, 15) is 0 Å². The Bertz CT molecular complexity index is 234. The van der Waals surface area contributed by atoms with Crippen LogP contribution in [0.25, 0.3) is 0 Å². The van der Waals surface area contributed by atoms with E-state index in [4.69, 9.17) is 0 Å². The maximum Gasteiger partial charge on any atom is 0.0330 e. The van der Waals surface area contributed by atoms with Gasteiger partial charge in [-0.2, -0.15) is 0 Å². The molecule has 0 amide bonds. The molecule has 1 aliphatic carbocycles.